The zero-order valence-corrected chi connectivity index (χ0v) is 13.2. The first-order valence-corrected chi connectivity index (χ1v) is 7.46. The summed E-state index contributed by atoms with van der Waals surface area (Å²) in [5.41, 5.74) is 1.40. The highest BCUT2D eigenvalue weighted by Gasteiger charge is 2.33. The fraction of sp³-hybridized carbons (Fsp3) is 0.368. The highest BCUT2D eigenvalue weighted by atomic mass is 16.3. The standard InChI is InChI=1S/C19H25NO/c1-19(21,17-12-8-5-9-13-17)18(15-20(2)3)14-16-10-6-4-7-11-16/h4-13,18,21H,14-15H2,1-3H3. The van der Waals surface area contributed by atoms with E-state index < -0.39 is 5.60 Å². The van der Waals surface area contributed by atoms with Gasteiger partial charge in [-0.05, 0) is 38.6 Å². The van der Waals surface area contributed by atoms with Crippen LogP contribution in [0.1, 0.15) is 18.1 Å². The molecule has 2 rings (SSSR count). The highest BCUT2D eigenvalue weighted by molar-refractivity contribution is 5.24. The van der Waals surface area contributed by atoms with Crippen molar-refractivity contribution in [3.8, 4) is 0 Å². The third-order valence-electron chi connectivity index (χ3n) is 4.06. The molecule has 21 heavy (non-hydrogen) atoms. The molecular weight excluding hydrogens is 258 g/mol. The van der Waals surface area contributed by atoms with Gasteiger partial charge in [0.15, 0.2) is 0 Å². The van der Waals surface area contributed by atoms with E-state index in [1.165, 1.54) is 5.56 Å². The Balaban J connectivity index is 2.26. The van der Waals surface area contributed by atoms with Crippen LogP contribution in [0.5, 0.6) is 0 Å². The fourth-order valence-electron chi connectivity index (χ4n) is 2.79. The molecule has 0 aliphatic rings. The molecule has 0 radical (unpaired) electrons. The summed E-state index contributed by atoms with van der Waals surface area (Å²) in [6.45, 7) is 2.77. The third-order valence-corrected chi connectivity index (χ3v) is 4.06. The minimum atomic E-state index is -0.846. The van der Waals surface area contributed by atoms with Crippen LogP contribution in [0.25, 0.3) is 0 Å². The van der Waals surface area contributed by atoms with Gasteiger partial charge in [-0.3, -0.25) is 0 Å². The molecule has 112 valence electrons. The van der Waals surface area contributed by atoms with E-state index in [1.54, 1.807) is 0 Å². The average molecular weight is 283 g/mol. The summed E-state index contributed by atoms with van der Waals surface area (Å²) in [5.74, 6) is 0.136. The van der Waals surface area contributed by atoms with E-state index in [9.17, 15) is 5.11 Å². The van der Waals surface area contributed by atoms with Gasteiger partial charge in [-0.25, -0.2) is 0 Å². The van der Waals surface area contributed by atoms with Gasteiger partial charge in [-0.1, -0.05) is 60.7 Å². The Labute approximate surface area is 128 Å². The Morgan fingerprint density at radius 3 is 2.00 bits per heavy atom. The molecule has 0 saturated carbocycles. The second-order valence-corrected chi connectivity index (χ2v) is 6.16. The van der Waals surface area contributed by atoms with Gasteiger partial charge in [0.25, 0.3) is 0 Å². The maximum Gasteiger partial charge on any atom is 0.0911 e. The van der Waals surface area contributed by atoms with Crippen molar-refractivity contribution in [1.82, 2.24) is 4.90 Å². The third kappa shape index (κ3) is 4.16. The summed E-state index contributed by atoms with van der Waals surface area (Å²) < 4.78 is 0. The molecule has 2 aromatic rings. The molecule has 0 bridgehead atoms. The minimum absolute atomic E-state index is 0.136. The molecule has 2 aromatic carbocycles. The molecular formula is C19H25NO. The summed E-state index contributed by atoms with van der Waals surface area (Å²) in [5, 5.41) is 11.1. The number of rotatable bonds is 6. The van der Waals surface area contributed by atoms with Crippen LogP contribution >= 0.6 is 0 Å². The lowest BCUT2D eigenvalue weighted by molar-refractivity contribution is -0.0157. The number of nitrogens with zero attached hydrogens (tertiary/aromatic N) is 1. The van der Waals surface area contributed by atoms with E-state index >= 15 is 0 Å². The van der Waals surface area contributed by atoms with E-state index in [2.05, 4.69) is 43.3 Å². The molecule has 0 amide bonds. The molecule has 0 aromatic heterocycles. The van der Waals surface area contributed by atoms with Crippen molar-refractivity contribution in [2.45, 2.75) is 18.9 Å². The lowest BCUT2D eigenvalue weighted by Crippen LogP contribution is -2.39. The molecule has 2 atom stereocenters. The molecule has 0 spiro atoms. The SMILES string of the molecule is CN(C)CC(Cc1ccccc1)C(C)(O)c1ccccc1. The quantitative estimate of drug-likeness (QED) is 0.879. The van der Waals surface area contributed by atoms with Crippen LogP contribution in [0.4, 0.5) is 0 Å². The van der Waals surface area contributed by atoms with Crippen molar-refractivity contribution < 1.29 is 5.11 Å². The Bertz CT molecular complexity index is 534. The lowest BCUT2D eigenvalue weighted by atomic mass is 9.79. The zero-order valence-electron chi connectivity index (χ0n) is 13.2. The Morgan fingerprint density at radius 1 is 0.952 bits per heavy atom. The first kappa shape index (κ1) is 15.7. The van der Waals surface area contributed by atoms with E-state index in [0.717, 1.165) is 18.5 Å². The molecule has 2 nitrogen and oxygen atoms in total. The number of hydrogen-bond donors (Lipinski definition) is 1. The Hall–Kier alpha value is -1.64. The minimum Gasteiger partial charge on any atom is -0.385 e. The Morgan fingerprint density at radius 2 is 1.48 bits per heavy atom. The van der Waals surface area contributed by atoms with E-state index in [4.69, 9.17) is 0 Å². The van der Waals surface area contributed by atoms with Crippen molar-refractivity contribution in [1.29, 1.82) is 0 Å². The van der Waals surface area contributed by atoms with Crippen LogP contribution in [-0.2, 0) is 12.0 Å². The number of aliphatic hydroxyl groups is 1. The van der Waals surface area contributed by atoms with Crippen molar-refractivity contribution in [2.24, 2.45) is 5.92 Å². The van der Waals surface area contributed by atoms with E-state index in [1.807, 2.05) is 43.3 Å². The monoisotopic (exact) mass is 283 g/mol. The molecule has 0 aliphatic heterocycles. The van der Waals surface area contributed by atoms with Crippen LogP contribution in [0.2, 0.25) is 0 Å². The van der Waals surface area contributed by atoms with Gasteiger partial charge in [0, 0.05) is 12.5 Å². The van der Waals surface area contributed by atoms with Crippen molar-refractivity contribution in [3.05, 3.63) is 71.8 Å². The van der Waals surface area contributed by atoms with Gasteiger partial charge < -0.3 is 10.0 Å². The molecule has 2 unspecified atom stereocenters. The molecule has 0 fully saturated rings. The van der Waals surface area contributed by atoms with Crippen molar-refractivity contribution in [3.63, 3.8) is 0 Å². The second kappa shape index (κ2) is 6.88. The van der Waals surface area contributed by atoms with Gasteiger partial charge in [-0.15, -0.1) is 0 Å². The van der Waals surface area contributed by atoms with E-state index in [-0.39, 0.29) is 5.92 Å². The predicted octanol–water partition coefficient (Wildman–Crippen LogP) is 3.31. The van der Waals surface area contributed by atoms with Crippen molar-refractivity contribution >= 4 is 0 Å². The summed E-state index contributed by atoms with van der Waals surface area (Å²) in [7, 11) is 4.11. The molecule has 2 heteroatoms. The summed E-state index contributed by atoms with van der Waals surface area (Å²) >= 11 is 0. The average Bonchev–Trinajstić information content (AvgIpc) is 2.48. The van der Waals surface area contributed by atoms with Gasteiger partial charge >= 0.3 is 0 Å². The van der Waals surface area contributed by atoms with Gasteiger partial charge in [0.1, 0.15) is 0 Å². The Kier molecular flexibility index (Phi) is 5.16. The molecule has 0 heterocycles. The topological polar surface area (TPSA) is 23.5 Å². The summed E-state index contributed by atoms with van der Waals surface area (Å²) in [4.78, 5) is 2.14. The van der Waals surface area contributed by atoms with Crippen LogP contribution in [0.15, 0.2) is 60.7 Å². The van der Waals surface area contributed by atoms with Crippen LogP contribution in [0.3, 0.4) is 0 Å². The van der Waals surface area contributed by atoms with Gasteiger partial charge in [0.05, 0.1) is 5.60 Å². The predicted molar refractivity (Wildman–Crippen MR) is 88.2 cm³/mol. The summed E-state index contributed by atoms with van der Waals surface area (Å²) in [6.07, 6.45) is 0.862. The highest BCUT2D eigenvalue weighted by Crippen LogP contribution is 2.32. The molecule has 0 saturated heterocycles. The molecule has 0 aliphatic carbocycles. The molecule has 1 N–H and O–H groups in total. The first-order chi connectivity index (χ1) is 10.00. The largest absolute Gasteiger partial charge is 0.385 e. The first-order valence-electron chi connectivity index (χ1n) is 7.46. The number of hydrogen-bond acceptors (Lipinski definition) is 2. The van der Waals surface area contributed by atoms with Crippen molar-refractivity contribution in [2.75, 3.05) is 20.6 Å². The normalized spacial score (nSPS) is 15.7. The maximum atomic E-state index is 11.1. The second-order valence-electron chi connectivity index (χ2n) is 6.16. The van der Waals surface area contributed by atoms with Crippen LogP contribution in [-0.4, -0.2) is 30.6 Å². The number of benzene rings is 2. The smallest absolute Gasteiger partial charge is 0.0911 e. The van der Waals surface area contributed by atoms with E-state index in [0.29, 0.717) is 0 Å². The van der Waals surface area contributed by atoms with Crippen LogP contribution in [0, 0.1) is 5.92 Å². The zero-order chi connectivity index (χ0) is 15.3. The fourth-order valence-corrected chi connectivity index (χ4v) is 2.79. The maximum absolute atomic E-state index is 11.1. The van der Waals surface area contributed by atoms with Gasteiger partial charge in [0.2, 0.25) is 0 Å². The van der Waals surface area contributed by atoms with Crippen LogP contribution < -0.4 is 0 Å². The van der Waals surface area contributed by atoms with Gasteiger partial charge in [-0.2, -0.15) is 0 Å². The summed E-state index contributed by atoms with van der Waals surface area (Å²) in [6, 6.07) is 20.4. The lowest BCUT2D eigenvalue weighted by Gasteiger charge is -2.35.